The molecule has 2 aromatic carbocycles. The number of carbonyl (C=O) groups excluding carboxylic acids is 1. The summed E-state index contributed by atoms with van der Waals surface area (Å²) in [5.74, 6) is 0.294. The number of benzene rings is 2. The number of hydrogen-bond donors (Lipinski definition) is 2. The molecule has 0 aliphatic heterocycles. The maximum Gasteiger partial charge on any atom is 0.275 e. The van der Waals surface area contributed by atoms with Gasteiger partial charge in [0.2, 0.25) is 0 Å². The van der Waals surface area contributed by atoms with E-state index in [9.17, 15) is 4.79 Å². The van der Waals surface area contributed by atoms with E-state index < -0.39 is 0 Å². The molecule has 0 aliphatic rings. The molecular formula is C19H17BrN4O. The summed E-state index contributed by atoms with van der Waals surface area (Å²) in [5, 5.41) is 6.01. The van der Waals surface area contributed by atoms with E-state index in [1.54, 1.807) is 6.20 Å². The standard InChI is InChI=1S/C19H17BrN4O/c1-12-4-3-5-15(8-12)23-18-11-21-17(10-22-18)19(25)24-16-7-6-14(20)9-13(16)2/h3-11H,1-2H3,(H,22,23)(H,24,25). The fourth-order valence-electron chi connectivity index (χ4n) is 2.33. The number of halogens is 1. The lowest BCUT2D eigenvalue weighted by Crippen LogP contribution is -2.15. The Balaban J connectivity index is 1.70. The van der Waals surface area contributed by atoms with Crippen molar-refractivity contribution in [2.45, 2.75) is 13.8 Å². The second-order valence-corrected chi connectivity index (χ2v) is 6.61. The van der Waals surface area contributed by atoms with Gasteiger partial charge in [-0.05, 0) is 55.3 Å². The molecule has 2 N–H and O–H groups in total. The summed E-state index contributed by atoms with van der Waals surface area (Å²) >= 11 is 3.40. The van der Waals surface area contributed by atoms with Crippen molar-refractivity contribution in [3.63, 3.8) is 0 Å². The number of aryl methyl sites for hydroxylation is 2. The zero-order chi connectivity index (χ0) is 17.8. The third-order valence-corrected chi connectivity index (χ3v) is 4.10. The molecule has 0 aliphatic carbocycles. The summed E-state index contributed by atoms with van der Waals surface area (Å²) in [4.78, 5) is 20.8. The van der Waals surface area contributed by atoms with Gasteiger partial charge in [-0.3, -0.25) is 4.79 Å². The van der Waals surface area contributed by atoms with Crippen LogP contribution >= 0.6 is 15.9 Å². The molecule has 0 saturated carbocycles. The minimum Gasteiger partial charge on any atom is -0.339 e. The van der Waals surface area contributed by atoms with E-state index in [4.69, 9.17) is 0 Å². The van der Waals surface area contributed by atoms with E-state index in [1.165, 1.54) is 6.20 Å². The minimum absolute atomic E-state index is 0.261. The maximum absolute atomic E-state index is 12.3. The third kappa shape index (κ3) is 4.42. The molecule has 0 atom stereocenters. The van der Waals surface area contributed by atoms with Gasteiger partial charge in [0.15, 0.2) is 0 Å². The molecule has 1 amide bonds. The van der Waals surface area contributed by atoms with Crippen molar-refractivity contribution in [3.05, 3.63) is 76.2 Å². The molecule has 0 unspecified atom stereocenters. The molecule has 0 saturated heterocycles. The number of aromatic nitrogens is 2. The second kappa shape index (κ2) is 7.44. The normalized spacial score (nSPS) is 10.4. The lowest BCUT2D eigenvalue weighted by atomic mass is 10.2. The van der Waals surface area contributed by atoms with Gasteiger partial charge in [-0.2, -0.15) is 0 Å². The fraction of sp³-hybridized carbons (Fsp3) is 0.105. The molecule has 0 spiro atoms. The third-order valence-electron chi connectivity index (χ3n) is 3.61. The van der Waals surface area contributed by atoms with Gasteiger partial charge in [0, 0.05) is 15.8 Å². The maximum atomic E-state index is 12.3. The molecule has 126 valence electrons. The highest BCUT2D eigenvalue weighted by Gasteiger charge is 2.10. The van der Waals surface area contributed by atoms with Crippen molar-refractivity contribution in [3.8, 4) is 0 Å². The van der Waals surface area contributed by atoms with Crippen LogP contribution in [0.3, 0.4) is 0 Å². The minimum atomic E-state index is -0.292. The van der Waals surface area contributed by atoms with Crippen molar-refractivity contribution < 1.29 is 4.79 Å². The van der Waals surface area contributed by atoms with Crippen LogP contribution < -0.4 is 10.6 Å². The molecule has 5 nitrogen and oxygen atoms in total. The average molecular weight is 397 g/mol. The van der Waals surface area contributed by atoms with Crippen LogP contribution in [0.1, 0.15) is 21.6 Å². The van der Waals surface area contributed by atoms with E-state index in [-0.39, 0.29) is 11.6 Å². The summed E-state index contributed by atoms with van der Waals surface area (Å²) in [6.45, 7) is 3.95. The molecule has 25 heavy (non-hydrogen) atoms. The first kappa shape index (κ1) is 17.1. The lowest BCUT2D eigenvalue weighted by molar-refractivity contribution is 0.102. The van der Waals surface area contributed by atoms with Crippen molar-refractivity contribution in [1.29, 1.82) is 0 Å². The fourth-order valence-corrected chi connectivity index (χ4v) is 2.81. The number of carbonyl (C=O) groups is 1. The first-order valence-corrected chi connectivity index (χ1v) is 8.54. The van der Waals surface area contributed by atoms with Crippen LogP contribution in [0.4, 0.5) is 17.2 Å². The van der Waals surface area contributed by atoms with Crippen molar-refractivity contribution >= 4 is 39.0 Å². The highest BCUT2D eigenvalue weighted by Crippen LogP contribution is 2.20. The van der Waals surface area contributed by atoms with Gasteiger partial charge in [-0.15, -0.1) is 0 Å². The van der Waals surface area contributed by atoms with Gasteiger partial charge in [0.1, 0.15) is 11.5 Å². The smallest absolute Gasteiger partial charge is 0.275 e. The van der Waals surface area contributed by atoms with Crippen LogP contribution in [0.15, 0.2) is 59.3 Å². The van der Waals surface area contributed by atoms with Crippen LogP contribution in [0.25, 0.3) is 0 Å². The summed E-state index contributed by atoms with van der Waals surface area (Å²) in [6, 6.07) is 13.6. The van der Waals surface area contributed by atoms with Gasteiger partial charge in [-0.25, -0.2) is 9.97 Å². The zero-order valence-electron chi connectivity index (χ0n) is 13.9. The summed E-state index contributed by atoms with van der Waals surface area (Å²) < 4.78 is 0.967. The molecule has 1 aromatic heterocycles. The van der Waals surface area contributed by atoms with Crippen LogP contribution in [-0.4, -0.2) is 15.9 Å². The topological polar surface area (TPSA) is 66.9 Å². The highest BCUT2D eigenvalue weighted by molar-refractivity contribution is 9.10. The Hall–Kier alpha value is -2.73. The molecule has 1 heterocycles. The highest BCUT2D eigenvalue weighted by atomic mass is 79.9. The summed E-state index contributed by atoms with van der Waals surface area (Å²) in [5.41, 5.74) is 4.05. The van der Waals surface area contributed by atoms with Crippen molar-refractivity contribution in [2.75, 3.05) is 10.6 Å². The quantitative estimate of drug-likeness (QED) is 0.661. The van der Waals surface area contributed by atoms with E-state index in [0.717, 1.165) is 27.0 Å². The predicted molar refractivity (Wildman–Crippen MR) is 103 cm³/mol. The molecule has 6 heteroatoms. The van der Waals surface area contributed by atoms with Crippen LogP contribution in [-0.2, 0) is 0 Å². The van der Waals surface area contributed by atoms with E-state index >= 15 is 0 Å². The number of nitrogens with one attached hydrogen (secondary N) is 2. The monoisotopic (exact) mass is 396 g/mol. The Bertz CT molecular complexity index is 910. The SMILES string of the molecule is Cc1cccc(Nc2cnc(C(=O)Nc3ccc(Br)cc3C)cn2)c1. The molecular weight excluding hydrogens is 380 g/mol. The van der Waals surface area contributed by atoms with E-state index in [2.05, 4.69) is 36.5 Å². The Morgan fingerprint density at radius 1 is 1.04 bits per heavy atom. The number of rotatable bonds is 4. The number of hydrogen-bond acceptors (Lipinski definition) is 4. The van der Waals surface area contributed by atoms with Gasteiger partial charge in [0.25, 0.3) is 5.91 Å². The second-order valence-electron chi connectivity index (χ2n) is 5.69. The largest absolute Gasteiger partial charge is 0.339 e. The van der Waals surface area contributed by atoms with Crippen LogP contribution in [0, 0.1) is 13.8 Å². The Labute approximate surface area is 154 Å². The van der Waals surface area contributed by atoms with Gasteiger partial charge in [0.05, 0.1) is 12.4 Å². The first-order chi connectivity index (χ1) is 12.0. The van der Waals surface area contributed by atoms with Crippen LogP contribution in [0.2, 0.25) is 0 Å². The van der Waals surface area contributed by atoms with Gasteiger partial charge >= 0.3 is 0 Å². The molecule has 3 rings (SSSR count). The predicted octanol–water partition coefficient (Wildman–Crippen LogP) is 4.85. The lowest BCUT2D eigenvalue weighted by Gasteiger charge is -2.09. The summed E-state index contributed by atoms with van der Waals surface area (Å²) in [7, 11) is 0. The molecule has 0 radical (unpaired) electrons. The number of anilines is 3. The molecule has 0 bridgehead atoms. The van der Waals surface area contributed by atoms with Crippen molar-refractivity contribution in [1.82, 2.24) is 9.97 Å². The number of nitrogens with zero attached hydrogens (tertiary/aromatic N) is 2. The van der Waals surface area contributed by atoms with Gasteiger partial charge < -0.3 is 10.6 Å². The van der Waals surface area contributed by atoms with Crippen LogP contribution in [0.5, 0.6) is 0 Å². The van der Waals surface area contributed by atoms with Crippen molar-refractivity contribution in [2.24, 2.45) is 0 Å². The Morgan fingerprint density at radius 2 is 1.88 bits per heavy atom. The van der Waals surface area contributed by atoms with Gasteiger partial charge in [-0.1, -0.05) is 28.1 Å². The average Bonchev–Trinajstić information content (AvgIpc) is 2.58. The molecule has 3 aromatic rings. The Morgan fingerprint density at radius 3 is 2.56 bits per heavy atom. The Kier molecular flexibility index (Phi) is 5.09. The first-order valence-electron chi connectivity index (χ1n) is 7.74. The number of amides is 1. The van der Waals surface area contributed by atoms with E-state index in [0.29, 0.717) is 5.82 Å². The molecule has 0 fully saturated rings. The van der Waals surface area contributed by atoms with E-state index in [1.807, 2.05) is 56.3 Å². The summed E-state index contributed by atoms with van der Waals surface area (Å²) in [6.07, 6.45) is 3.01. The zero-order valence-corrected chi connectivity index (χ0v) is 15.5.